The molecule has 3 aliphatic heterocycles. The summed E-state index contributed by atoms with van der Waals surface area (Å²) in [4.78, 5) is 32.1. The molecule has 40 heavy (non-hydrogen) atoms. The molecule has 0 aromatic heterocycles. The lowest BCUT2D eigenvalue weighted by Crippen LogP contribution is -2.56. The molecule has 3 amide bonds. The zero-order chi connectivity index (χ0) is 29.4. The summed E-state index contributed by atoms with van der Waals surface area (Å²) < 4.78 is 48.2. The van der Waals surface area contributed by atoms with Crippen molar-refractivity contribution in [1.29, 1.82) is 0 Å². The first-order valence-electron chi connectivity index (χ1n) is 14.1. The lowest BCUT2D eigenvalue weighted by atomic mass is 9.81. The minimum Gasteiger partial charge on any atom is -0.496 e. The summed E-state index contributed by atoms with van der Waals surface area (Å²) in [7, 11) is 1.64. The molecule has 1 aromatic carbocycles. The molecule has 2 saturated heterocycles. The van der Waals surface area contributed by atoms with Gasteiger partial charge >= 0.3 is 12.2 Å². The van der Waals surface area contributed by atoms with Crippen molar-refractivity contribution in [2.45, 2.75) is 78.1 Å². The normalized spacial score (nSPS) is 21.9. The Morgan fingerprint density at radius 2 is 1.90 bits per heavy atom. The minimum atomic E-state index is -4.70. The van der Waals surface area contributed by atoms with E-state index in [9.17, 15) is 22.8 Å². The molecule has 1 aromatic rings. The van der Waals surface area contributed by atoms with E-state index < -0.39 is 23.5 Å². The van der Waals surface area contributed by atoms with Crippen molar-refractivity contribution in [3.63, 3.8) is 0 Å². The first-order valence-corrected chi connectivity index (χ1v) is 14.1. The molecule has 1 spiro atoms. The van der Waals surface area contributed by atoms with E-state index in [1.54, 1.807) is 13.2 Å². The molecule has 0 radical (unpaired) electrons. The Bertz CT molecular complexity index is 1240. The van der Waals surface area contributed by atoms with Gasteiger partial charge in [-0.2, -0.15) is 13.2 Å². The quantitative estimate of drug-likeness (QED) is 0.364. The first-order chi connectivity index (χ1) is 18.9. The number of piperidine rings is 1. The van der Waals surface area contributed by atoms with Crippen molar-refractivity contribution in [3.05, 3.63) is 64.4 Å². The predicted octanol–water partition coefficient (Wildman–Crippen LogP) is 6.71. The molecular weight excluding hydrogens is 519 g/mol. The summed E-state index contributed by atoms with van der Waals surface area (Å²) in [6.07, 6.45) is 3.14. The molecule has 2 fully saturated rings. The summed E-state index contributed by atoms with van der Waals surface area (Å²) >= 11 is 0. The van der Waals surface area contributed by atoms with Crippen LogP contribution in [0.15, 0.2) is 47.7 Å². The zero-order valence-corrected chi connectivity index (χ0v) is 24.3. The molecule has 4 rings (SSSR count). The predicted molar refractivity (Wildman–Crippen MR) is 149 cm³/mol. The Balaban J connectivity index is 1.67. The average molecular weight is 560 g/mol. The SMILES string of the molecule is C/C=C(\C=C/CC)C(C(=O)N1CCC2(CC1)C1=CC(C)c3c(cc(C)cc3OC)CN1C(=O)N2CC)C(F)(F)F. The Morgan fingerprint density at radius 1 is 1.23 bits per heavy atom. The topological polar surface area (TPSA) is 53.1 Å². The Kier molecular flexibility index (Phi) is 8.43. The van der Waals surface area contributed by atoms with Crippen molar-refractivity contribution in [1.82, 2.24) is 14.7 Å². The highest BCUT2D eigenvalue weighted by molar-refractivity contribution is 5.85. The maximum atomic E-state index is 14.2. The molecule has 0 N–H and O–H groups in total. The van der Waals surface area contributed by atoms with Gasteiger partial charge in [0.2, 0.25) is 5.91 Å². The van der Waals surface area contributed by atoms with E-state index in [4.69, 9.17) is 4.74 Å². The van der Waals surface area contributed by atoms with Gasteiger partial charge in [0.1, 0.15) is 5.75 Å². The van der Waals surface area contributed by atoms with Gasteiger partial charge in [-0.05, 0) is 62.8 Å². The Morgan fingerprint density at radius 3 is 2.45 bits per heavy atom. The van der Waals surface area contributed by atoms with Crippen molar-refractivity contribution >= 4 is 11.9 Å². The monoisotopic (exact) mass is 559 g/mol. The second-order valence-electron chi connectivity index (χ2n) is 10.9. The van der Waals surface area contributed by atoms with E-state index in [-0.39, 0.29) is 30.6 Å². The largest absolute Gasteiger partial charge is 0.496 e. The number of allylic oxidation sites excluding steroid dienone is 4. The van der Waals surface area contributed by atoms with E-state index in [0.29, 0.717) is 32.4 Å². The number of carbonyl (C=O) groups is 2. The summed E-state index contributed by atoms with van der Waals surface area (Å²) in [6.45, 7) is 10.5. The minimum absolute atomic E-state index is 0.0381. The second-order valence-corrected chi connectivity index (χ2v) is 10.9. The van der Waals surface area contributed by atoms with Crippen LogP contribution < -0.4 is 4.74 Å². The van der Waals surface area contributed by atoms with Gasteiger partial charge in [-0.15, -0.1) is 0 Å². The molecule has 2 atom stereocenters. The molecule has 0 bridgehead atoms. The lowest BCUT2D eigenvalue weighted by Gasteiger charge is -2.45. The third kappa shape index (κ3) is 5.03. The fraction of sp³-hybridized carbons (Fsp3) is 0.548. The number of fused-ring (bicyclic) bond motifs is 3. The average Bonchev–Trinajstić information content (AvgIpc) is 3.00. The maximum Gasteiger partial charge on any atom is 0.404 e. The number of halogens is 3. The molecule has 2 unspecified atom stereocenters. The number of methoxy groups -OCH3 is 1. The van der Waals surface area contributed by atoms with Gasteiger partial charge in [0.05, 0.1) is 19.2 Å². The first kappa shape index (κ1) is 29.7. The maximum absolute atomic E-state index is 14.2. The third-order valence-electron chi connectivity index (χ3n) is 8.54. The number of likely N-dealkylation sites (N-methyl/N-ethyl adjacent to an activating group) is 1. The number of nitrogens with zero attached hydrogens (tertiary/aromatic N) is 3. The third-order valence-corrected chi connectivity index (χ3v) is 8.54. The van der Waals surface area contributed by atoms with Gasteiger partial charge < -0.3 is 14.5 Å². The number of hydrogen-bond acceptors (Lipinski definition) is 3. The van der Waals surface area contributed by atoms with E-state index in [1.807, 2.05) is 36.6 Å². The number of ether oxygens (including phenoxy) is 1. The van der Waals surface area contributed by atoms with Crippen LogP contribution in [0.2, 0.25) is 0 Å². The molecule has 218 valence electrons. The van der Waals surface area contributed by atoms with Crippen molar-refractivity contribution in [2.75, 3.05) is 26.7 Å². The van der Waals surface area contributed by atoms with Crippen LogP contribution in [0.4, 0.5) is 18.0 Å². The Hall–Kier alpha value is -3.23. The number of carbonyl (C=O) groups excluding carboxylic acids is 2. The number of urea groups is 1. The van der Waals surface area contributed by atoms with Crippen LogP contribution in [-0.2, 0) is 11.3 Å². The van der Waals surface area contributed by atoms with Gasteiger partial charge in [0, 0.05) is 36.8 Å². The molecule has 3 heterocycles. The van der Waals surface area contributed by atoms with Crippen LogP contribution in [-0.4, -0.2) is 65.1 Å². The van der Waals surface area contributed by atoms with Gasteiger partial charge in [-0.1, -0.05) is 44.2 Å². The number of hydrogen-bond donors (Lipinski definition) is 0. The van der Waals surface area contributed by atoms with Crippen LogP contribution in [0.3, 0.4) is 0 Å². The van der Waals surface area contributed by atoms with E-state index in [2.05, 4.69) is 19.1 Å². The number of likely N-dealkylation sites (tertiary alicyclic amines) is 1. The lowest BCUT2D eigenvalue weighted by molar-refractivity contribution is -0.182. The molecule has 6 nitrogen and oxygen atoms in total. The van der Waals surface area contributed by atoms with Crippen LogP contribution in [0.1, 0.15) is 69.6 Å². The van der Waals surface area contributed by atoms with Gasteiger partial charge in [-0.25, -0.2) is 4.79 Å². The van der Waals surface area contributed by atoms with E-state index >= 15 is 0 Å². The highest BCUT2D eigenvalue weighted by Crippen LogP contribution is 2.49. The molecule has 9 heteroatoms. The molecular formula is C31H40F3N3O3. The van der Waals surface area contributed by atoms with Crippen LogP contribution in [0.5, 0.6) is 5.75 Å². The smallest absolute Gasteiger partial charge is 0.404 e. The highest BCUT2D eigenvalue weighted by Gasteiger charge is 2.56. The number of benzene rings is 1. The van der Waals surface area contributed by atoms with Crippen LogP contribution in [0.25, 0.3) is 0 Å². The van der Waals surface area contributed by atoms with Crippen molar-refractivity contribution in [2.24, 2.45) is 5.92 Å². The van der Waals surface area contributed by atoms with Crippen LogP contribution >= 0.6 is 0 Å². The van der Waals surface area contributed by atoms with Gasteiger partial charge in [0.25, 0.3) is 0 Å². The molecule has 0 aliphatic carbocycles. The van der Waals surface area contributed by atoms with E-state index in [1.165, 1.54) is 24.0 Å². The molecule has 3 aliphatic rings. The van der Waals surface area contributed by atoms with Crippen molar-refractivity contribution < 1.29 is 27.5 Å². The summed E-state index contributed by atoms with van der Waals surface area (Å²) in [5, 5.41) is 0. The van der Waals surface area contributed by atoms with Crippen LogP contribution in [0, 0.1) is 12.8 Å². The van der Waals surface area contributed by atoms with Gasteiger partial charge in [-0.3, -0.25) is 9.69 Å². The van der Waals surface area contributed by atoms with E-state index in [0.717, 1.165) is 28.1 Å². The number of amides is 3. The summed E-state index contributed by atoms with van der Waals surface area (Å²) in [5.41, 5.74) is 3.26. The zero-order valence-electron chi connectivity index (χ0n) is 24.3. The summed E-state index contributed by atoms with van der Waals surface area (Å²) in [6, 6.07) is 3.98. The second kappa shape index (κ2) is 11.3. The number of alkyl halides is 3. The standard InChI is InChI=1S/C31H40F3N3O3/c1-7-10-11-22(8-2)27(31(32,33)34)28(38)35-14-12-30(13-15-35)25-18-21(5)26-23(16-20(4)17-24(26)40-6)19-36(25)29(39)37(30)9-3/h8,10-11,16-18,21,27H,7,9,12-15,19H2,1-6H3/b11-10-,22-8+. The number of rotatable bonds is 6. The van der Waals surface area contributed by atoms with Crippen molar-refractivity contribution in [3.8, 4) is 5.75 Å². The van der Waals surface area contributed by atoms with Gasteiger partial charge in [0.15, 0.2) is 5.92 Å². The fourth-order valence-corrected chi connectivity index (χ4v) is 6.69. The number of aryl methyl sites for hydroxylation is 1. The fourth-order valence-electron chi connectivity index (χ4n) is 6.69. The highest BCUT2D eigenvalue weighted by atomic mass is 19.4. The summed E-state index contributed by atoms with van der Waals surface area (Å²) in [5.74, 6) is -2.40. The molecule has 0 saturated carbocycles. The Labute approximate surface area is 235 Å².